The van der Waals surface area contributed by atoms with Gasteiger partial charge in [0.15, 0.2) is 0 Å². The standard InChI is InChI=1S/C17H29N3/c1-17(2,3)15-5-6-16(19-13-15)20-11-8-14(9-12-20)7-10-18-4/h5-6,13-14,18H,7-12H2,1-4H3. The van der Waals surface area contributed by atoms with Crippen molar-refractivity contribution in [2.75, 3.05) is 31.6 Å². The summed E-state index contributed by atoms with van der Waals surface area (Å²) >= 11 is 0. The summed E-state index contributed by atoms with van der Waals surface area (Å²) in [5.41, 5.74) is 1.50. The third-order valence-electron chi connectivity index (χ3n) is 4.36. The first kappa shape index (κ1) is 15.3. The lowest BCUT2D eigenvalue weighted by molar-refractivity contribution is 0.377. The predicted molar refractivity (Wildman–Crippen MR) is 86.4 cm³/mol. The van der Waals surface area contributed by atoms with Gasteiger partial charge in [-0.2, -0.15) is 0 Å². The second-order valence-electron chi connectivity index (χ2n) is 6.98. The average molecular weight is 275 g/mol. The minimum Gasteiger partial charge on any atom is -0.357 e. The normalized spacial score (nSPS) is 17.5. The van der Waals surface area contributed by atoms with Crippen molar-refractivity contribution in [3.63, 3.8) is 0 Å². The van der Waals surface area contributed by atoms with Gasteiger partial charge in [-0.25, -0.2) is 4.98 Å². The molecule has 0 spiro atoms. The summed E-state index contributed by atoms with van der Waals surface area (Å²) in [5.74, 6) is 2.03. The van der Waals surface area contributed by atoms with Gasteiger partial charge in [0.1, 0.15) is 5.82 Å². The van der Waals surface area contributed by atoms with E-state index in [0.29, 0.717) is 0 Å². The SMILES string of the molecule is CNCCC1CCN(c2ccc(C(C)(C)C)cn2)CC1. The molecule has 1 aliphatic heterocycles. The Morgan fingerprint density at radius 3 is 2.45 bits per heavy atom. The van der Waals surface area contributed by atoms with Gasteiger partial charge in [-0.1, -0.05) is 26.8 Å². The number of nitrogens with zero attached hydrogens (tertiary/aromatic N) is 2. The Morgan fingerprint density at radius 2 is 1.95 bits per heavy atom. The number of anilines is 1. The van der Waals surface area contributed by atoms with Crippen LogP contribution in [0.4, 0.5) is 5.82 Å². The minimum absolute atomic E-state index is 0.186. The Hall–Kier alpha value is -1.09. The molecule has 0 unspecified atom stereocenters. The van der Waals surface area contributed by atoms with Gasteiger partial charge in [0.25, 0.3) is 0 Å². The first-order chi connectivity index (χ1) is 9.50. The van der Waals surface area contributed by atoms with Crippen molar-refractivity contribution < 1.29 is 0 Å². The van der Waals surface area contributed by atoms with Gasteiger partial charge in [0.05, 0.1) is 0 Å². The molecule has 112 valence electrons. The Kier molecular flexibility index (Phi) is 5.03. The highest BCUT2D eigenvalue weighted by molar-refractivity contribution is 5.40. The summed E-state index contributed by atoms with van der Waals surface area (Å²) in [7, 11) is 2.04. The summed E-state index contributed by atoms with van der Waals surface area (Å²) < 4.78 is 0. The molecule has 2 rings (SSSR count). The van der Waals surface area contributed by atoms with Crippen LogP contribution in [0, 0.1) is 5.92 Å². The van der Waals surface area contributed by atoms with Crippen LogP contribution in [0.2, 0.25) is 0 Å². The second-order valence-corrected chi connectivity index (χ2v) is 6.98. The molecule has 0 radical (unpaired) electrons. The van der Waals surface area contributed by atoms with Gasteiger partial charge >= 0.3 is 0 Å². The van der Waals surface area contributed by atoms with Crippen molar-refractivity contribution in [2.45, 2.75) is 45.4 Å². The molecule has 1 aliphatic rings. The number of nitrogens with one attached hydrogen (secondary N) is 1. The van der Waals surface area contributed by atoms with Gasteiger partial charge in [-0.15, -0.1) is 0 Å². The first-order valence-corrected chi connectivity index (χ1v) is 7.87. The first-order valence-electron chi connectivity index (χ1n) is 7.87. The highest BCUT2D eigenvalue weighted by Gasteiger charge is 2.20. The number of hydrogen-bond donors (Lipinski definition) is 1. The van der Waals surface area contributed by atoms with E-state index in [2.05, 4.69) is 48.1 Å². The number of aromatic nitrogens is 1. The third-order valence-corrected chi connectivity index (χ3v) is 4.36. The van der Waals surface area contributed by atoms with Crippen molar-refractivity contribution in [2.24, 2.45) is 5.92 Å². The molecule has 0 aliphatic carbocycles. The fraction of sp³-hybridized carbons (Fsp3) is 0.706. The van der Waals surface area contributed by atoms with Gasteiger partial charge < -0.3 is 10.2 Å². The molecule has 1 N–H and O–H groups in total. The number of hydrogen-bond acceptors (Lipinski definition) is 3. The molecule has 1 saturated heterocycles. The molecular formula is C17H29N3. The third kappa shape index (κ3) is 3.95. The lowest BCUT2D eigenvalue weighted by Crippen LogP contribution is -2.35. The monoisotopic (exact) mass is 275 g/mol. The van der Waals surface area contributed by atoms with Crippen LogP contribution in [0.5, 0.6) is 0 Å². The summed E-state index contributed by atoms with van der Waals surface area (Å²) in [6, 6.07) is 4.42. The van der Waals surface area contributed by atoms with Crippen LogP contribution < -0.4 is 10.2 Å². The minimum atomic E-state index is 0.186. The van der Waals surface area contributed by atoms with Gasteiger partial charge in [0.2, 0.25) is 0 Å². The zero-order chi connectivity index (χ0) is 14.6. The number of piperidine rings is 1. The molecule has 20 heavy (non-hydrogen) atoms. The summed E-state index contributed by atoms with van der Waals surface area (Å²) in [5, 5.41) is 3.25. The molecule has 3 heteroatoms. The fourth-order valence-electron chi connectivity index (χ4n) is 2.82. The maximum atomic E-state index is 4.67. The van der Waals surface area contributed by atoms with Crippen molar-refractivity contribution in [3.8, 4) is 0 Å². The quantitative estimate of drug-likeness (QED) is 0.914. The van der Waals surface area contributed by atoms with Crippen LogP contribution in [0.1, 0.15) is 45.6 Å². The summed E-state index contributed by atoms with van der Waals surface area (Å²) in [6.07, 6.45) is 5.94. The van der Waals surface area contributed by atoms with Crippen LogP contribution in [0.3, 0.4) is 0 Å². The molecular weight excluding hydrogens is 246 g/mol. The highest BCUT2D eigenvalue weighted by atomic mass is 15.2. The number of rotatable bonds is 4. The van der Waals surface area contributed by atoms with E-state index in [1.807, 2.05) is 13.2 Å². The smallest absolute Gasteiger partial charge is 0.128 e. The van der Waals surface area contributed by atoms with Crippen molar-refractivity contribution in [3.05, 3.63) is 23.9 Å². The van der Waals surface area contributed by atoms with E-state index in [1.54, 1.807) is 0 Å². The van der Waals surface area contributed by atoms with Crippen LogP contribution in [0.15, 0.2) is 18.3 Å². The lowest BCUT2D eigenvalue weighted by Gasteiger charge is -2.33. The Labute approximate surface area is 123 Å². The van der Waals surface area contributed by atoms with Crippen LogP contribution in [0.25, 0.3) is 0 Å². The Morgan fingerprint density at radius 1 is 1.25 bits per heavy atom. The topological polar surface area (TPSA) is 28.2 Å². The molecule has 0 bridgehead atoms. The van der Waals surface area contributed by atoms with E-state index in [0.717, 1.165) is 31.4 Å². The predicted octanol–water partition coefficient (Wildman–Crippen LogP) is 3.21. The summed E-state index contributed by atoms with van der Waals surface area (Å²) in [6.45, 7) is 10.1. The van der Waals surface area contributed by atoms with Gasteiger partial charge in [-0.3, -0.25) is 0 Å². The molecule has 0 saturated carbocycles. The van der Waals surface area contributed by atoms with Crippen molar-refractivity contribution >= 4 is 5.82 Å². The Bertz CT molecular complexity index is 397. The zero-order valence-corrected chi connectivity index (χ0v) is 13.4. The van der Waals surface area contributed by atoms with Crippen molar-refractivity contribution in [1.82, 2.24) is 10.3 Å². The zero-order valence-electron chi connectivity index (χ0n) is 13.4. The second kappa shape index (κ2) is 6.57. The fourth-order valence-corrected chi connectivity index (χ4v) is 2.82. The van der Waals surface area contributed by atoms with E-state index in [4.69, 9.17) is 0 Å². The average Bonchev–Trinajstić information content (AvgIpc) is 2.45. The van der Waals surface area contributed by atoms with E-state index >= 15 is 0 Å². The molecule has 2 heterocycles. The largest absolute Gasteiger partial charge is 0.357 e. The van der Waals surface area contributed by atoms with Crippen LogP contribution in [-0.4, -0.2) is 31.7 Å². The molecule has 0 amide bonds. The number of pyridine rings is 1. The molecule has 1 aromatic rings. The van der Waals surface area contributed by atoms with Gasteiger partial charge in [-0.05, 0) is 55.8 Å². The van der Waals surface area contributed by atoms with Crippen LogP contribution in [-0.2, 0) is 5.41 Å². The van der Waals surface area contributed by atoms with Gasteiger partial charge in [0, 0.05) is 19.3 Å². The Balaban J connectivity index is 1.90. The maximum Gasteiger partial charge on any atom is 0.128 e. The molecule has 0 aromatic carbocycles. The van der Waals surface area contributed by atoms with E-state index < -0.39 is 0 Å². The van der Waals surface area contributed by atoms with Crippen LogP contribution >= 0.6 is 0 Å². The van der Waals surface area contributed by atoms with E-state index in [-0.39, 0.29) is 5.41 Å². The molecule has 3 nitrogen and oxygen atoms in total. The summed E-state index contributed by atoms with van der Waals surface area (Å²) in [4.78, 5) is 7.10. The molecule has 1 aromatic heterocycles. The maximum absolute atomic E-state index is 4.67. The highest BCUT2D eigenvalue weighted by Crippen LogP contribution is 2.26. The molecule has 0 atom stereocenters. The molecule has 1 fully saturated rings. The lowest BCUT2D eigenvalue weighted by atomic mass is 9.88. The van der Waals surface area contributed by atoms with E-state index in [1.165, 1.54) is 24.8 Å². The van der Waals surface area contributed by atoms with Crippen molar-refractivity contribution in [1.29, 1.82) is 0 Å². The van der Waals surface area contributed by atoms with E-state index in [9.17, 15) is 0 Å².